The Morgan fingerprint density at radius 2 is 1.61 bits per heavy atom. The summed E-state index contributed by atoms with van der Waals surface area (Å²) < 4.78 is 5.52. The lowest BCUT2D eigenvalue weighted by atomic mass is 9.98. The van der Waals surface area contributed by atoms with E-state index in [0.717, 1.165) is 0 Å². The minimum Gasteiger partial charge on any atom is -0.481 e. The Bertz CT molecular complexity index is 945. The highest BCUT2D eigenvalue weighted by molar-refractivity contribution is 5.79. The molecule has 7 heteroatoms. The number of benzene rings is 2. The second-order valence-electron chi connectivity index (χ2n) is 8.62. The lowest BCUT2D eigenvalue weighted by Crippen LogP contribution is -2.37. The van der Waals surface area contributed by atoms with Crippen LogP contribution < -0.4 is 10.6 Å². The van der Waals surface area contributed by atoms with E-state index < -0.39 is 12.1 Å². The topological polar surface area (TPSA) is 105 Å². The number of carboxylic acids is 1. The fourth-order valence-corrected chi connectivity index (χ4v) is 4.28. The Kier molecular flexibility index (Phi) is 8.46. The first-order valence-corrected chi connectivity index (χ1v) is 11.5. The molecule has 0 saturated carbocycles. The number of nitrogens with one attached hydrogen (secondary N) is 2. The summed E-state index contributed by atoms with van der Waals surface area (Å²) in [5.41, 5.74) is 4.70. The van der Waals surface area contributed by atoms with Crippen LogP contribution in [0, 0.1) is 5.92 Å². The van der Waals surface area contributed by atoms with Gasteiger partial charge in [-0.05, 0) is 41.0 Å². The van der Waals surface area contributed by atoms with Crippen molar-refractivity contribution < 1.29 is 24.2 Å². The first kappa shape index (κ1) is 24.3. The highest BCUT2D eigenvalue weighted by Crippen LogP contribution is 2.44. The van der Waals surface area contributed by atoms with E-state index in [0.29, 0.717) is 19.4 Å². The highest BCUT2D eigenvalue weighted by Gasteiger charge is 2.29. The fourth-order valence-electron chi connectivity index (χ4n) is 4.28. The van der Waals surface area contributed by atoms with Gasteiger partial charge in [0.15, 0.2) is 0 Å². The number of ether oxygens (including phenoxy) is 1. The molecular weight excluding hydrogens is 420 g/mol. The lowest BCUT2D eigenvalue weighted by Gasteiger charge is -2.17. The number of hydrogen-bond donors (Lipinski definition) is 3. The number of carbonyl (C=O) groups is 3. The molecule has 0 heterocycles. The van der Waals surface area contributed by atoms with Gasteiger partial charge >= 0.3 is 12.1 Å². The van der Waals surface area contributed by atoms with Crippen LogP contribution in [0.5, 0.6) is 0 Å². The molecule has 2 unspecified atom stereocenters. The molecule has 0 fully saturated rings. The standard InChI is InChI=1S/C26H32N2O5/c1-3-18(15-25(30)31)28-24(29)14-17(2)12-13-27-26(32)33-16-23-21-10-6-4-8-19(21)20-9-5-7-11-22(20)23/h4-11,17-18,23H,3,12-16H2,1-2H3,(H,27,32)(H,28,29)(H,30,31). The van der Waals surface area contributed by atoms with Crippen LogP contribution in [-0.2, 0) is 14.3 Å². The molecule has 33 heavy (non-hydrogen) atoms. The molecule has 0 saturated heterocycles. The summed E-state index contributed by atoms with van der Waals surface area (Å²) in [5, 5.41) is 14.4. The minimum atomic E-state index is -0.928. The van der Waals surface area contributed by atoms with Crippen molar-refractivity contribution in [3.05, 3.63) is 59.7 Å². The van der Waals surface area contributed by atoms with E-state index >= 15 is 0 Å². The maximum Gasteiger partial charge on any atom is 0.407 e. The first-order chi connectivity index (χ1) is 15.9. The summed E-state index contributed by atoms with van der Waals surface area (Å²) >= 11 is 0. The van der Waals surface area contributed by atoms with Crippen molar-refractivity contribution in [2.75, 3.05) is 13.2 Å². The van der Waals surface area contributed by atoms with E-state index in [4.69, 9.17) is 9.84 Å². The summed E-state index contributed by atoms with van der Waals surface area (Å²) in [6.07, 6.45) is 0.909. The molecule has 0 aliphatic heterocycles. The van der Waals surface area contributed by atoms with Crippen LogP contribution in [-0.4, -0.2) is 42.3 Å². The summed E-state index contributed by atoms with van der Waals surface area (Å²) in [6, 6.07) is 16.0. The molecule has 3 rings (SSSR count). The van der Waals surface area contributed by atoms with Crippen LogP contribution in [0.1, 0.15) is 56.6 Å². The largest absolute Gasteiger partial charge is 0.481 e. The third-order valence-corrected chi connectivity index (χ3v) is 6.06. The lowest BCUT2D eigenvalue weighted by molar-refractivity contribution is -0.137. The van der Waals surface area contributed by atoms with Crippen LogP contribution in [0.25, 0.3) is 11.1 Å². The molecule has 2 aromatic carbocycles. The maximum atomic E-state index is 12.2. The fraction of sp³-hybridized carbons (Fsp3) is 0.423. The maximum absolute atomic E-state index is 12.2. The number of rotatable bonds is 11. The smallest absolute Gasteiger partial charge is 0.407 e. The molecule has 7 nitrogen and oxygen atoms in total. The monoisotopic (exact) mass is 452 g/mol. The Hall–Kier alpha value is -3.35. The summed E-state index contributed by atoms with van der Waals surface area (Å²) in [7, 11) is 0. The summed E-state index contributed by atoms with van der Waals surface area (Å²) in [5.74, 6) is -1.04. The molecule has 2 amide bonds. The number of hydrogen-bond acceptors (Lipinski definition) is 4. The van der Waals surface area contributed by atoms with Crippen molar-refractivity contribution in [3.63, 3.8) is 0 Å². The van der Waals surface area contributed by atoms with Gasteiger partial charge in [0.2, 0.25) is 5.91 Å². The normalized spacial score (nSPS) is 14.0. The molecular formula is C26H32N2O5. The Morgan fingerprint density at radius 3 is 2.18 bits per heavy atom. The van der Waals surface area contributed by atoms with Crippen LogP contribution in [0.3, 0.4) is 0 Å². The molecule has 2 atom stereocenters. The molecule has 2 aromatic rings. The van der Waals surface area contributed by atoms with E-state index in [1.807, 2.05) is 38.1 Å². The van der Waals surface area contributed by atoms with Crippen LogP contribution in [0.15, 0.2) is 48.5 Å². The predicted molar refractivity (Wildman–Crippen MR) is 126 cm³/mol. The second kappa shape index (κ2) is 11.5. The van der Waals surface area contributed by atoms with Gasteiger partial charge in [-0.2, -0.15) is 0 Å². The zero-order chi connectivity index (χ0) is 23.8. The average molecular weight is 453 g/mol. The van der Waals surface area contributed by atoms with Crippen molar-refractivity contribution in [3.8, 4) is 11.1 Å². The van der Waals surface area contributed by atoms with Gasteiger partial charge in [-0.3, -0.25) is 9.59 Å². The van der Waals surface area contributed by atoms with Crippen LogP contribution in [0.4, 0.5) is 4.79 Å². The Balaban J connectivity index is 1.41. The molecule has 0 spiro atoms. The molecule has 0 radical (unpaired) electrons. The third-order valence-electron chi connectivity index (χ3n) is 6.06. The number of carboxylic acid groups (broad SMARTS) is 1. The SMILES string of the molecule is CCC(CC(=O)O)NC(=O)CC(C)CCNC(=O)OCC1c2ccccc2-c2ccccc21. The van der Waals surface area contributed by atoms with Crippen molar-refractivity contribution in [1.29, 1.82) is 0 Å². The van der Waals surface area contributed by atoms with E-state index in [1.54, 1.807) is 0 Å². The summed E-state index contributed by atoms with van der Waals surface area (Å²) in [4.78, 5) is 35.2. The number of aliphatic carboxylic acids is 1. The van der Waals surface area contributed by atoms with Gasteiger partial charge in [0.05, 0.1) is 6.42 Å². The van der Waals surface area contributed by atoms with Crippen molar-refractivity contribution in [2.45, 2.75) is 51.5 Å². The number of amides is 2. The molecule has 1 aliphatic rings. The van der Waals surface area contributed by atoms with Crippen molar-refractivity contribution in [1.82, 2.24) is 10.6 Å². The van der Waals surface area contributed by atoms with E-state index in [2.05, 4.69) is 34.9 Å². The first-order valence-electron chi connectivity index (χ1n) is 11.5. The quantitative estimate of drug-likeness (QED) is 0.471. The average Bonchev–Trinajstić information content (AvgIpc) is 3.10. The van der Waals surface area contributed by atoms with E-state index in [1.165, 1.54) is 22.3 Å². The van der Waals surface area contributed by atoms with Gasteiger partial charge in [-0.15, -0.1) is 0 Å². The van der Waals surface area contributed by atoms with Gasteiger partial charge in [-0.1, -0.05) is 62.4 Å². The van der Waals surface area contributed by atoms with Crippen LogP contribution >= 0.6 is 0 Å². The van der Waals surface area contributed by atoms with Gasteiger partial charge in [-0.25, -0.2) is 4.79 Å². The number of carbonyl (C=O) groups excluding carboxylic acids is 2. The zero-order valence-corrected chi connectivity index (χ0v) is 19.2. The van der Waals surface area contributed by atoms with Gasteiger partial charge < -0.3 is 20.5 Å². The van der Waals surface area contributed by atoms with Crippen molar-refractivity contribution in [2.24, 2.45) is 5.92 Å². The van der Waals surface area contributed by atoms with Gasteiger partial charge in [0, 0.05) is 24.9 Å². The van der Waals surface area contributed by atoms with E-state index in [-0.39, 0.29) is 43.2 Å². The van der Waals surface area contributed by atoms with E-state index in [9.17, 15) is 14.4 Å². The molecule has 0 aromatic heterocycles. The Morgan fingerprint density at radius 1 is 1.00 bits per heavy atom. The third kappa shape index (κ3) is 6.57. The number of alkyl carbamates (subject to hydrolysis) is 1. The molecule has 0 bridgehead atoms. The predicted octanol–water partition coefficient (Wildman–Crippen LogP) is 4.31. The molecule has 3 N–H and O–H groups in total. The number of fused-ring (bicyclic) bond motifs is 3. The van der Waals surface area contributed by atoms with Gasteiger partial charge in [0.25, 0.3) is 0 Å². The van der Waals surface area contributed by atoms with Crippen molar-refractivity contribution >= 4 is 18.0 Å². The summed E-state index contributed by atoms with van der Waals surface area (Å²) in [6.45, 7) is 4.43. The Labute approximate surface area is 194 Å². The molecule has 176 valence electrons. The van der Waals surface area contributed by atoms with Crippen LogP contribution in [0.2, 0.25) is 0 Å². The molecule has 1 aliphatic carbocycles. The van der Waals surface area contributed by atoms with Gasteiger partial charge in [0.1, 0.15) is 6.61 Å². The minimum absolute atomic E-state index is 0.0167. The highest BCUT2D eigenvalue weighted by atomic mass is 16.5. The second-order valence-corrected chi connectivity index (χ2v) is 8.62. The zero-order valence-electron chi connectivity index (χ0n) is 19.2.